The fourth-order valence-corrected chi connectivity index (χ4v) is 3.23. The van der Waals surface area contributed by atoms with Crippen molar-refractivity contribution in [2.24, 2.45) is 5.41 Å². The highest BCUT2D eigenvalue weighted by Gasteiger charge is 2.35. The van der Waals surface area contributed by atoms with E-state index in [2.05, 4.69) is 31.0 Å². The molecule has 0 radical (unpaired) electrons. The summed E-state index contributed by atoms with van der Waals surface area (Å²) in [5.41, 5.74) is 0.588. The molecule has 1 atom stereocenters. The lowest BCUT2D eigenvalue weighted by atomic mass is 9.80. The first kappa shape index (κ1) is 23.2. The van der Waals surface area contributed by atoms with Gasteiger partial charge in [-0.15, -0.1) is 24.8 Å². The molecule has 0 aliphatic carbocycles. The molecule has 1 N–H and O–H groups in total. The van der Waals surface area contributed by atoms with Gasteiger partial charge >= 0.3 is 0 Å². The molecule has 7 heteroatoms. The third-order valence-corrected chi connectivity index (χ3v) is 4.13. The van der Waals surface area contributed by atoms with Crippen molar-refractivity contribution in [2.75, 3.05) is 40.4 Å². The minimum atomic E-state index is -0.240. The van der Waals surface area contributed by atoms with Gasteiger partial charge in [-0.1, -0.05) is 20.8 Å². The Balaban J connectivity index is 0.00000264. The van der Waals surface area contributed by atoms with Gasteiger partial charge in [-0.2, -0.15) is 0 Å². The third-order valence-electron chi connectivity index (χ3n) is 4.13. The van der Waals surface area contributed by atoms with Crippen LogP contribution in [0.25, 0.3) is 0 Å². The first-order valence-corrected chi connectivity index (χ1v) is 7.74. The van der Waals surface area contributed by atoms with E-state index >= 15 is 0 Å². The van der Waals surface area contributed by atoms with Crippen LogP contribution in [0.15, 0.2) is 12.1 Å². The fraction of sp³-hybridized carbons (Fsp3) is 0.647. The number of methoxy groups -OCH3 is 2. The van der Waals surface area contributed by atoms with E-state index in [1.54, 1.807) is 13.2 Å². The summed E-state index contributed by atoms with van der Waals surface area (Å²) in [6.07, 6.45) is 0. The highest BCUT2D eigenvalue weighted by molar-refractivity contribution is 5.85. The summed E-state index contributed by atoms with van der Waals surface area (Å²) in [4.78, 5) is 2.35. The number of nitrogens with one attached hydrogen (secondary N) is 1. The minimum absolute atomic E-state index is 0. The van der Waals surface area contributed by atoms with Crippen LogP contribution in [0, 0.1) is 11.2 Å². The number of hydrogen-bond donors (Lipinski definition) is 1. The summed E-state index contributed by atoms with van der Waals surface area (Å²) in [5.74, 6) is 0.760. The molecule has 1 heterocycles. The molecule has 0 amide bonds. The van der Waals surface area contributed by atoms with E-state index in [1.807, 2.05) is 0 Å². The second-order valence-electron chi connectivity index (χ2n) is 6.78. The van der Waals surface area contributed by atoms with Gasteiger partial charge in [0.25, 0.3) is 0 Å². The van der Waals surface area contributed by atoms with Gasteiger partial charge in [0.1, 0.15) is 5.82 Å². The largest absolute Gasteiger partial charge is 0.493 e. The van der Waals surface area contributed by atoms with Crippen molar-refractivity contribution in [3.8, 4) is 11.5 Å². The van der Waals surface area contributed by atoms with Gasteiger partial charge in [-0.05, 0) is 11.5 Å². The lowest BCUT2D eigenvalue weighted by Crippen LogP contribution is -2.48. The summed E-state index contributed by atoms with van der Waals surface area (Å²) < 4.78 is 25.3. The summed E-state index contributed by atoms with van der Waals surface area (Å²) >= 11 is 0. The maximum Gasteiger partial charge on any atom is 0.163 e. The molecule has 1 saturated heterocycles. The predicted octanol–water partition coefficient (Wildman–Crippen LogP) is 3.68. The molecule has 140 valence electrons. The lowest BCUT2D eigenvalue weighted by Gasteiger charge is -2.42. The average molecular weight is 383 g/mol. The number of ether oxygens (including phenoxy) is 2. The molecule has 0 spiro atoms. The van der Waals surface area contributed by atoms with Gasteiger partial charge < -0.3 is 14.8 Å². The standard InChI is InChI=1S/C17H27FN2O2.2ClH/c1-17(2,3)16(20-8-6-19-7-9-20)12-10-14(21-4)15(22-5)11-13(12)18;;/h10-11,16,19H,6-9H2,1-5H3;2*1H/t16-;;/m1../s1. The molecular weight excluding hydrogens is 354 g/mol. The number of halogens is 3. The van der Waals surface area contributed by atoms with E-state index in [4.69, 9.17) is 9.47 Å². The Morgan fingerprint density at radius 2 is 1.54 bits per heavy atom. The first-order valence-electron chi connectivity index (χ1n) is 7.74. The Hall–Kier alpha value is -0.750. The molecule has 1 aliphatic heterocycles. The SMILES string of the molecule is COc1cc(F)c([C@@H](N2CCNCC2)C(C)(C)C)cc1OC.Cl.Cl. The van der Waals surface area contributed by atoms with Crippen LogP contribution in [0.3, 0.4) is 0 Å². The highest BCUT2D eigenvalue weighted by Crippen LogP contribution is 2.42. The van der Waals surface area contributed by atoms with E-state index in [1.165, 1.54) is 13.2 Å². The molecule has 1 aromatic carbocycles. The van der Waals surface area contributed by atoms with Crippen LogP contribution < -0.4 is 14.8 Å². The molecule has 24 heavy (non-hydrogen) atoms. The molecular formula is C17H29Cl2FN2O2. The molecule has 4 nitrogen and oxygen atoms in total. The number of piperazine rings is 1. The van der Waals surface area contributed by atoms with E-state index < -0.39 is 0 Å². The fourth-order valence-electron chi connectivity index (χ4n) is 3.23. The molecule has 1 aromatic rings. The van der Waals surface area contributed by atoms with Crippen LogP contribution in [0.2, 0.25) is 0 Å². The topological polar surface area (TPSA) is 33.7 Å². The van der Waals surface area contributed by atoms with Crippen molar-refractivity contribution in [1.82, 2.24) is 10.2 Å². The summed E-state index contributed by atoms with van der Waals surface area (Å²) in [6, 6.07) is 3.20. The molecule has 1 aliphatic rings. The quantitative estimate of drug-likeness (QED) is 0.860. The average Bonchev–Trinajstić information content (AvgIpc) is 2.48. The molecule has 2 rings (SSSR count). The van der Waals surface area contributed by atoms with Gasteiger partial charge in [-0.3, -0.25) is 4.90 Å². The molecule has 0 bridgehead atoms. The number of rotatable bonds is 4. The van der Waals surface area contributed by atoms with Gasteiger partial charge in [0.15, 0.2) is 11.5 Å². The van der Waals surface area contributed by atoms with Crippen LogP contribution in [0.1, 0.15) is 32.4 Å². The Kier molecular flexibility index (Phi) is 9.36. The smallest absolute Gasteiger partial charge is 0.163 e. The molecule has 0 unspecified atom stereocenters. The van der Waals surface area contributed by atoms with Crippen LogP contribution in [0.5, 0.6) is 11.5 Å². The van der Waals surface area contributed by atoms with Crippen LogP contribution in [0.4, 0.5) is 4.39 Å². The van der Waals surface area contributed by atoms with Crippen LogP contribution >= 0.6 is 24.8 Å². The van der Waals surface area contributed by atoms with Crippen molar-refractivity contribution in [1.29, 1.82) is 0 Å². The zero-order valence-corrected chi connectivity index (χ0v) is 16.7. The van der Waals surface area contributed by atoms with Crippen LogP contribution in [-0.4, -0.2) is 45.3 Å². The van der Waals surface area contributed by atoms with E-state index in [0.717, 1.165) is 26.2 Å². The lowest BCUT2D eigenvalue weighted by molar-refractivity contribution is 0.0831. The number of hydrogen-bond acceptors (Lipinski definition) is 4. The third kappa shape index (κ3) is 5.12. The van der Waals surface area contributed by atoms with Gasteiger partial charge in [-0.25, -0.2) is 4.39 Å². The van der Waals surface area contributed by atoms with Gasteiger partial charge in [0, 0.05) is 43.9 Å². The van der Waals surface area contributed by atoms with Crippen molar-refractivity contribution in [3.63, 3.8) is 0 Å². The van der Waals surface area contributed by atoms with E-state index in [0.29, 0.717) is 17.1 Å². The normalized spacial score (nSPS) is 16.6. The highest BCUT2D eigenvalue weighted by atomic mass is 35.5. The Morgan fingerprint density at radius 3 is 2.00 bits per heavy atom. The zero-order valence-electron chi connectivity index (χ0n) is 15.0. The maximum atomic E-state index is 14.7. The number of nitrogens with zero attached hydrogens (tertiary/aromatic N) is 1. The van der Waals surface area contributed by atoms with Gasteiger partial charge in [0.05, 0.1) is 14.2 Å². The minimum Gasteiger partial charge on any atom is -0.493 e. The van der Waals surface area contributed by atoms with Gasteiger partial charge in [0.2, 0.25) is 0 Å². The van der Waals surface area contributed by atoms with Crippen molar-refractivity contribution in [2.45, 2.75) is 26.8 Å². The summed E-state index contributed by atoms with van der Waals surface area (Å²) in [5, 5.41) is 3.35. The molecule has 0 aromatic heterocycles. The van der Waals surface area contributed by atoms with Crippen molar-refractivity contribution < 1.29 is 13.9 Å². The van der Waals surface area contributed by atoms with E-state index in [9.17, 15) is 4.39 Å². The first-order chi connectivity index (χ1) is 10.4. The second kappa shape index (κ2) is 9.66. The predicted molar refractivity (Wildman–Crippen MR) is 101 cm³/mol. The Bertz CT molecular complexity index is 518. The zero-order chi connectivity index (χ0) is 16.3. The number of benzene rings is 1. The summed E-state index contributed by atoms with van der Waals surface area (Å²) in [6.45, 7) is 10.1. The van der Waals surface area contributed by atoms with Crippen molar-refractivity contribution >= 4 is 24.8 Å². The maximum absolute atomic E-state index is 14.7. The summed E-state index contributed by atoms with van der Waals surface area (Å²) in [7, 11) is 3.10. The molecule has 1 fully saturated rings. The van der Waals surface area contributed by atoms with Crippen LogP contribution in [-0.2, 0) is 0 Å². The second-order valence-corrected chi connectivity index (χ2v) is 6.78. The van der Waals surface area contributed by atoms with Crippen molar-refractivity contribution in [3.05, 3.63) is 23.5 Å². The Morgan fingerprint density at radius 1 is 1.04 bits per heavy atom. The van der Waals surface area contributed by atoms with E-state index in [-0.39, 0.29) is 42.1 Å². The Labute approximate surface area is 156 Å². The molecule has 0 saturated carbocycles. The monoisotopic (exact) mass is 382 g/mol.